The zero-order chi connectivity index (χ0) is 16.2. The first-order valence-corrected chi connectivity index (χ1v) is 8.46. The van der Waals surface area contributed by atoms with Crippen LogP contribution in [0.2, 0.25) is 5.02 Å². The zero-order valence-electron chi connectivity index (χ0n) is 12.1. The SMILES string of the molecule is C=C/C=C/c1cc(Cl)ccc1NS(=O)(=O)c1ccc(C)cc1. The van der Waals surface area contributed by atoms with E-state index in [9.17, 15) is 8.42 Å². The lowest BCUT2D eigenvalue weighted by atomic mass is 10.1. The van der Waals surface area contributed by atoms with Gasteiger partial charge >= 0.3 is 0 Å². The van der Waals surface area contributed by atoms with Crippen LogP contribution < -0.4 is 4.72 Å². The third-order valence-corrected chi connectivity index (χ3v) is 4.62. The summed E-state index contributed by atoms with van der Waals surface area (Å²) >= 11 is 5.96. The fraction of sp³-hybridized carbons (Fsp3) is 0.0588. The molecule has 0 radical (unpaired) electrons. The fourth-order valence-electron chi connectivity index (χ4n) is 1.86. The summed E-state index contributed by atoms with van der Waals surface area (Å²) in [6.45, 7) is 5.50. The Kier molecular flexibility index (Phi) is 5.06. The number of halogens is 1. The van der Waals surface area contributed by atoms with Crippen molar-refractivity contribution < 1.29 is 8.42 Å². The van der Waals surface area contributed by atoms with Crippen LogP contribution in [0, 0.1) is 6.92 Å². The normalized spacial score (nSPS) is 11.5. The first-order chi connectivity index (χ1) is 10.4. The molecule has 0 saturated heterocycles. The molecule has 0 saturated carbocycles. The summed E-state index contributed by atoms with van der Waals surface area (Å²) in [4.78, 5) is 0.215. The molecule has 0 aliphatic carbocycles. The molecule has 5 heteroatoms. The Morgan fingerprint density at radius 3 is 2.45 bits per heavy atom. The lowest BCUT2D eigenvalue weighted by molar-refractivity contribution is 0.601. The second-order valence-corrected chi connectivity index (χ2v) is 6.86. The molecule has 0 aliphatic rings. The Labute approximate surface area is 136 Å². The van der Waals surface area contributed by atoms with Gasteiger partial charge in [-0.3, -0.25) is 4.72 Å². The number of allylic oxidation sites excluding steroid dienone is 2. The highest BCUT2D eigenvalue weighted by Gasteiger charge is 2.15. The van der Waals surface area contributed by atoms with Gasteiger partial charge in [0, 0.05) is 10.6 Å². The van der Waals surface area contributed by atoms with Crippen molar-refractivity contribution in [3.05, 3.63) is 77.3 Å². The van der Waals surface area contributed by atoms with Gasteiger partial charge in [0.1, 0.15) is 0 Å². The maximum absolute atomic E-state index is 12.4. The topological polar surface area (TPSA) is 46.2 Å². The van der Waals surface area contributed by atoms with Gasteiger partial charge in [0.05, 0.1) is 10.6 Å². The molecule has 22 heavy (non-hydrogen) atoms. The maximum atomic E-state index is 12.4. The molecule has 0 aliphatic heterocycles. The molecule has 0 spiro atoms. The van der Waals surface area contributed by atoms with E-state index in [2.05, 4.69) is 11.3 Å². The van der Waals surface area contributed by atoms with Crippen LogP contribution in [0.4, 0.5) is 5.69 Å². The van der Waals surface area contributed by atoms with Crippen LogP contribution in [0.5, 0.6) is 0 Å². The van der Waals surface area contributed by atoms with Crippen LogP contribution in [0.25, 0.3) is 6.08 Å². The zero-order valence-corrected chi connectivity index (χ0v) is 13.7. The third kappa shape index (κ3) is 4.00. The van der Waals surface area contributed by atoms with Crippen LogP contribution in [0.1, 0.15) is 11.1 Å². The Morgan fingerprint density at radius 1 is 1.14 bits per heavy atom. The number of nitrogens with one attached hydrogen (secondary N) is 1. The highest BCUT2D eigenvalue weighted by Crippen LogP contribution is 2.25. The van der Waals surface area contributed by atoms with Crippen molar-refractivity contribution in [1.82, 2.24) is 0 Å². The minimum Gasteiger partial charge on any atom is -0.279 e. The molecule has 0 heterocycles. The summed E-state index contributed by atoms with van der Waals surface area (Å²) in [6.07, 6.45) is 5.07. The summed E-state index contributed by atoms with van der Waals surface area (Å²) in [5, 5.41) is 0.530. The molecule has 2 aromatic rings. The number of hydrogen-bond acceptors (Lipinski definition) is 2. The van der Waals surface area contributed by atoms with Gasteiger partial charge in [0.2, 0.25) is 0 Å². The Morgan fingerprint density at radius 2 is 1.82 bits per heavy atom. The van der Waals surface area contributed by atoms with E-state index in [1.807, 2.05) is 6.92 Å². The lowest BCUT2D eigenvalue weighted by Crippen LogP contribution is -2.13. The van der Waals surface area contributed by atoms with Gasteiger partial charge < -0.3 is 0 Å². The van der Waals surface area contributed by atoms with Crippen molar-refractivity contribution in [3.8, 4) is 0 Å². The molecule has 0 fully saturated rings. The molecular weight excluding hydrogens is 318 g/mol. The van der Waals surface area contributed by atoms with E-state index in [0.717, 1.165) is 5.56 Å². The van der Waals surface area contributed by atoms with Crippen molar-refractivity contribution in [2.24, 2.45) is 0 Å². The largest absolute Gasteiger partial charge is 0.279 e. The number of aryl methyl sites for hydroxylation is 1. The fourth-order valence-corrected chi connectivity index (χ4v) is 3.13. The van der Waals surface area contributed by atoms with Gasteiger partial charge in [0.25, 0.3) is 10.0 Å². The Balaban J connectivity index is 2.39. The van der Waals surface area contributed by atoms with Crippen molar-refractivity contribution in [3.63, 3.8) is 0 Å². The smallest absolute Gasteiger partial charge is 0.261 e. The van der Waals surface area contributed by atoms with Crippen LogP contribution in [0.3, 0.4) is 0 Å². The first-order valence-electron chi connectivity index (χ1n) is 6.60. The summed E-state index contributed by atoms with van der Waals surface area (Å²) in [5.41, 5.74) is 2.13. The molecule has 3 nitrogen and oxygen atoms in total. The van der Waals surface area contributed by atoms with Gasteiger partial charge in [-0.05, 0) is 37.3 Å². The summed E-state index contributed by atoms with van der Waals surface area (Å²) in [5.74, 6) is 0. The van der Waals surface area contributed by atoms with Crippen molar-refractivity contribution >= 4 is 33.4 Å². The van der Waals surface area contributed by atoms with E-state index in [0.29, 0.717) is 16.3 Å². The molecule has 0 bridgehead atoms. The maximum Gasteiger partial charge on any atom is 0.261 e. The number of anilines is 1. The van der Waals surface area contributed by atoms with Crippen molar-refractivity contribution in [2.75, 3.05) is 4.72 Å². The van der Waals surface area contributed by atoms with Crippen LogP contribution in [0.15, 0.2) is 66.1 Å². The van der Waals surface area contributed by atoms with E-state index in [1.54, 1.807) is 60.7 Å². The van der Waals surface area contributed by atoms with Crippen molar-refractivity contribution in [2.45, 2.75) is 11.8 Å². The molecular formula is C17H16ClNO2S. The predicted octanol–water partition coefficient (Wildman–Crippen LogP) is 4.65. The molecule has 0 atom stereocenters. The second kappa shape index (κ2) is 6.81. The van der Waals surface area contributed by atoms with Gasteiger partial charge in [-0.15, -0.1) is 0 Å². The van der Waals surface area contributed by atoms with Gasteiger partial charge in [0.15, 0.2) is 0 Å². The lowest BCUT2D eigenvalue weighted by Gasteiger charge is -2.11. The highest BCUT2D eigenvalue weighted by atomic mass is 35.5. The third-order valence-electron chi connectivity index (χ3n) is 3.00. The van der Waals surface area contributed by atoms with E-state index >= 15 is 0 Å². The molecule has 2 aromatic carbocycles. The van der Waals surface area contributed by atoms with Crippen LogP contribution >= 0.6 is 11.6 Å². The van der Waals surface area contributed by atoms with Gasteiger partial charge in [-0.2, -0.15) is 0 Å². The minimum atomic E-state index is -3.64. The average Bonchev–Trinajstić information content (AvgIpc) is 2.48. The van der Waals surface area contributed by atoms with Crippen molar-refractivity contribution in [1.29, 1.82) is 0 Å². The molecule has 0 amide bonds. The number of hydrogen-bond donors (Lipinski definition) is 1. The molecule has 0 unspecified atom stereocenters. The molecule has 2 rings (SSSR count). The molecule has 0 aromatic heterocycles. The Bertz CT molecular complexity index is 809. The van der Waals surface area contributed by atoms with Gasteiger partial charge in [-0.25, -0.2) is 8.42 Å². The van der Waals surface area contributed by atoms with Crippen LogP contribution in [-0.4, -0.2) is 8.42 Å². The number of benzene rings is 2. The monoisotopic (exact) mass is 333 g/mol. The van der Waals surface area contributed by atoms with Crippen LogP contribution in [-0.2, 0) is 10.0 Å². The standard InChI is InChI=1S/C17H16ClNO2S/c1-3-4-5-14-12-15(18)8-11-17(14)19-22(20,21)16-9-6-13(2)7-10-16/h3-12,19H,1H2,2H3/b5-4+. The Hall–Kier alpha value is -2.04. The first kappa shape index (κ1) is 16.3. The summed E-state index contributed by atoms with van der Waals surface area (Å²) in [6, 6.07) is 11.6. The minimum absolute atomic E-state index is 0.215. The van der Waals surface area contributed by atoms with Gasteiger partial charge in [-0.1, -0.05) is 54.1 Å². The number of sulfonamides is 1. The summed E-state index contributed by atoms with van der Waals surface area (Å²) < 4.78 is 27.5. The van der Waals surface area contributed by atoms with E-state index in [4.69, 9.17) is 11.6 Å². The summed E-state index contributed by atoms with van der Waals surface area (Å²) in [7, 11) is -3.64. The van der Waals surface area contributed by atoms with E-state index in [1.165, 1.54) is 0 Å². The molecule has 114 valence electrons. The predicted molar refractivity (Wildman–Crippen MR) is 92.7 cm³/mol. The highest BCUT2D eigenvalue weighted by molar-refractivity contribution is 7.92. The van der Waals surface area contributed by atoms with E-state index in [-0.39, 0.29) is 4.90 Å². The second-order valence-electron chi connectivity index (χ2n) is 4.74. The quantitative estimate of drug-likeness (QED) is 0.810. The average molecular weight is 334 g/mol. The molecule has 1 N–H and O–H groups in total. The number of rotatable bonds is 5. The van der Waals surface area contributed by atoms with E-state index < -0.39 is 10.0 Å².